The van der Waals surface area contributed by atoms with Gasteiger partial charge in [0.15, 0.2) is 0 Å². The van der Waals surface area contributed by atoms with Crippen LogP contribution in [0.5, 0.6) is 0 Å². The molecule has 0 N–H and O–H groups in total. The van der Waals surface area contributed by atoms with Gasteiger partial charge in [0.25, 0.3) is 0 Å². The maximum Gasteiger partial charge on any atom is 0.125 e. The van der Waals surface area contributed by atoms with Crippen LogP contribution in [0.1, 0.15) is 18.3 Å². The molecule has 2 heteroatoms. The Hall–Kier alpha value is -1.44. The number of hydrogen-bond donors (Lipinski definition) is 0. The first-order chi connectivity index (χ1) is 6.31. The largest absolute Gasteiger partial charge is 0.241 e. The zero-order valence-corrected chi connectivity index (χ0v) is 7.91. The number of nitrogens with zero attached hydrogens (tertiary/aromatic N) is 2. The van der Waals surface area contributed by atoms with Gasteiger partial charge in [-0.05, 0) is 25.0 Å². The molecule has 13 heavy (non-hydrogen) atoms. The van der Waals surface area contributed by atoms with E-state index in [0.717, 1.165) is 17.8 Å². The van der Waals surface area contributed by atoms with Gasteiger partial charge in [-0.25, -0.2) is 9.97 Å². The second-order valence-electron chi connectivity index (χ2n) is 3.12. The number of aryl methyl sites for hydroxylation is 2. The summed E-state index contributed by atoms with van der Waals surface area (Å²) in [6.45, 7) is 4.06. The summed E-state index contributed by atoms with van der Waals surface area (Å²) in [5.74, 6) is 0.834. The van der Waals surface area contributed by atoms with Gasteiger partial charge in [0.2, 0.25) is 0 Å². The van der Waals surface area contributed by atoms with E-state index in [1.54, 1.807) is 0 Å². The van der Waals surface area contributed by atoms with Gasteiger partial charge in [-0.2, -0.15) is 0 Å². The van der Waals surface area contributed by atoms with Crippen molar-refractivity contribution in [1.82, 2.24) is 9.97 Å². The minimum atomic E-state index is 0.834. The molecule has 0 amide bonds. The van der Waals surface area contributed by atoms with Gasteiger partial charge in [-0.1, -0.05) is 19.1 Å². The van der Waals surface area contributed by atoms with Crippen LogP contribution < -0.4 is 0 Å². The molecule has 1 aromatic carbocycles. The van der Waals surface area contributed by atoms with Crippen molar-refractivity contribution in [2.45, 2.75) is 20.3 Å². The molecule has 0 bridgehead atoms. The molecule has 2 rings (SSSR count). The van der Waals surface area contributed by atoms with Gasteiger partial charge < -0.3 is 0 Å². The Labute approximate surface area is 77.6 Å². The monoisotopic (exact) mass is 172 g/mol. The summed E-state index contributed by atoms with van der Waals surface area (Å²) in [6, 6.07) is 6.21. The summed E-state index contributed by atoms with van der Waals surface area (Å²) < 4.78 is 0. The Morgan fingerprint density at radius 3 is 2.92 bits per heavy atom. The van der Waals surface area contributed by atoms with Crippen LogP contribution in [-0.4, -0.2) is 9.97 Å². The standard InChI is InChI=1S/C11H12N2/c1-3-9-5-4-6-11-10(9)7-12-8(2)13-11/h4-7H,3H2,1-2H3. The average Bonchev–Trinajstić information content (AvgIpc) is 2.16. The van der Waals surface area contributed by atoms with Crippen molar-refractivity contribution < 1.29 is 0 Å². The topological polar surface area (TPSA) is 25.8 Å². The molecule has 0 spiro atoms. The van der Waals surface area contributed by atoms with Gasteiger partial charge in [0.05, 0.1) is 5.52 Å². The fourth-order valence-electron chi connectivity index (χ4n) is 1.52. The highest BCUT2D eigenvalue weighted by Crippen LogP contribution is 2.16. The molecular weight excluding hydrogens is 160 g/mol. The van der Waals surface area contributed by atoms with Crippen molar-refractivity contribution in [2.24, 2.45) is 0 Å². The Kier molecular flexibility index (Phi) is 1.97. The first-order valence-corrected chi connectivity index (χ1v) is 4.52. The smallest absolute Gasteiger partial charge is 0.125 e. The fourth-order valence-corrected chi connectivity index (χ4v) is 1.52. The maximum absolute atomic E-state index is 4.37. The highest BCUT2D eigenvalue weighted by atomic mass is 14.9. The van der Waals surface area contributed by atoms with E-state index in [0.29, 0.717) is 0 Å². The lowest BCUT2D eigenvalue weighted by Gasteiger charge is -2.02. The van der Waals surface area contributed by atoms with Crippen LogP contribution in [0.2, 0.25) is 0 Å². The fraction of sp³-hybridized carbons (Fsp3) is 0.273. The molecule has 0 saturated carbocycles. The lowest BCUT2D eigenvalue weighted by molar-refractivity contribution is 1.08. The summed E-state index contributed by atoms with van der Waals surface area (Å²) in [6.07, 6.45) is 2.94. The molecule has 66 valence electrons. The van der Waals surface area contributed by atoms with Gasteiger partial charge in [-0.3, -0.25) is 0 Å². The van der Waals surface area contributed by atoms with Gasteiger partial charge in [-0.15, -0.1) is 0 Å². The lowest BCUT2D eigenvalue weighted by atomic mass is 10.1. The van der Waals surface area contributed by atoms with Crippen molar-refractivity contribution in [1.29, 1.82) is 0 Å². The molecule has 1 heterocycles. The first kappa shape index (κ1) is 8.17. The van der Waals surface area contributed by atoms with E-state index in [1.165, 1.54) is 10.9 Å². The number of benzene rings is 1. The van der Waals surface area contributed by atoms with E-state index < -0.39 is 0 Å². The van der Waals surface area contributed by atoms with Crippen LogP contribution in [0.3, 0.4) is 0 Å². The van der Waals surface area contributed by atoms with Gasteiger partial charge in [0.1, 0.15) is 5.82 Å². The first-order valence-electron chi connectivity index (χ1n) is 4.52. The van der Waals surface area contributed by atoms with Crippen molar-refractivity contribution in [3.63, 3.8) is 0 Å². The zero-order chi connectivity index (χ0) is 9.26. The van der Waals surface area contributed by atoms with E-state index in [9.17, 15) is 0 Å². The third kappa shape index (κ3) is 1.39. The Morgan fingerprint density at radius 2 is 2.15 bits per heavy atom. The van der Waals surface area contributed by atoms with Crippen LogP contribution in [0.25, 0.3) is 10.9 Å². The predicted octanol–water partition coefficient (Wildman–Crippen LogP) is 2.50. The zero-order valence-electron chi connectivity index (χ0n) is 7.91. The van der Waals surface area contributed by atoms with Crippen LogP contribution in [0, 0.1) is 6.92 Å². The second kappa shape index (κ2) is 3.13. The predicted molar refractivity (Wildman–Crippen MR) is 53.7 cm³/mol. The number of aromatic nitrogens is 2. The Bertz CT molecular complexity index is 435. The summed E-state index contributed by atoms with van der Waals surface area (Å²) >= 11 is 0. The van der Waals surface area contributed by atoms with E-state index in [-0.39, 0.29) is 0 Å². The second-order valence-corrected chi connectivity index (χ2v) is 3.12. The summed E-state index contributed by atoms with van der Waals surface area (Å²) in [7, 11) is 0. The van der Waals surface area contributed by atoms with Crippen LogP contribution >= 0.6 is 0 Å². The molecule has 1 aromatic heterocycles. The molecule has 2 aromatic rings. The van der Waals surface area contributed by atoms with Crippen LogP contribution in [0.4, 0.5) is 0 Å². The minimum Gasteiger partial charge on any atom is -0.241 e. The molecule has 0 saturated heterocycles. The third-order valence-electron chi connectivity index (χ3n) is 2.22. The van der Waals surface area contributed by atoms with Gasteiger partial charge >= 0.3 is 0 Å². The molecule has 2 nitrogen and oxygen atoms in total. The lowest BCUT2D eigenvalue weighted by Crippen LogP contribution is -1.90. The molecule has 0 aliphatic rings. The SMILES string of the molecule is CCc1cccc2nc(C)ncc12. The van der Waals surface area contributed by atoms with Crippen molar-refractivity contribution >= 4 is 10.9 Å². The summed E-state index contributed by atoms with van der Waals surface area (Å²) in [5, 5.41) is 1.18. The maximum atomic E-state index is 4.37. The summed E-state index contributed by atoms with van der Waals surface area (Å²) in [5.41, 5.74) is 2.37. The van der Waals surface area contributed by atoms with E-state index in [2.05, 4.69) is 23.0 Å². The highest BCUT2D eigenvalue weighted by Gasteiger charge is 1.99. The molecule has 0 unspecified atom stereocenters. The molecule has 0 atom stereocenters. The molecular formula is C11H12N2. The van der Waals surface area contributed by atoms with Crippen molar-refractivity contribution in [3.05, 3.63) is 35.8 Å². The Morgan fingerprint density at radius 1 is 1.31 bits per heavy atom. The highest BCUT2D eigenvalue weighted by molar-refractivity contribution is 5.81. The molecule has 0 radical (unpaired) electrons. The quantitative estimate of drug-likeness (QED) is 0.660. The number of fused-ring (bicyclic) bond motifs is 1. The molecule has 0 aliphatic heterocycles. The third-order valence-corrected chi connectivity index (χ3v) is 2.22. The van der Waals surface area contributed by atoms with Crippen LogP contribution in [-0.2, 0) is 6.42 Å². The Balaban J connectivity index is 2.77. The van der Waals surface area contributed by atoms with Gasteiger partial charge in [0, 0.05) is 11.6 Å². The van der Waals surface area contributed by atoms with Crippen molar-refractivity contribution in [2.75, 3.05) is 0 Å². The van der Waals surface area contributed by atoms with Crippen molar-refractivity contribution in [3.8, 4) is 0 Å². The normalized spacial score (nSPS) is 10.6. The van der Waals surface area contributed by atoms with E-state index in [4.69, 9.17) is 0 Å². The molecule has 0 fully saturated rings. The van der Waals surface area contributed by atoms with Crippen LogP contribution in [0.15, 0.2) is 24.4 Å². The minimum absolute atomic E-state index is 0.834. The summed E-state index contributed by atoms with van der Waals surface area (Å²) in [4.78, 5) is 8.58. The molecule has 0 aliphatic carbocycles. The number of rotatable bonds is 1. The number of hydrogen-bond acceptors (Lipinski definition) is 2. The van der Waals surface area contributed by atoms with E-state index in [1.807, 2.05) is 25.3 Å². The van der Waals surface area contributed by atoms with E-state index >= 15 is 0 Å². The average molecular weight is 172 g/mol.